The van der Waals surface area contributed by atoms with Crippen LogP contribution in [0.3, 0.4) is 0 Å². The van der Waals surface area contributed by atoms with Crippen LogP contribution in [0.25, 0.3) is 0 Å². The van der Waals surface area contributed by atoms with Gasteiger partial charge in [0.1, 0.15) is 18.1 Å². The van der Waals surface area contributed by atoms with Crippen LogP contribution in [0, 0.1) is 0 Å². The molecule has 2 N–H and O–H groups in total. The quantitative estimate of drug-likeness (QED) is 0.294. The highest BCUT2D eigenvalue weighted by Gasteiger charge is 2.27. The van der Waals surface area contributed by atoms with Crippen LogP contribution in [-0.4, -0.2) is 33.4 Å². The molecule has 0 bridgehead atoms. The molecule has 0 atom stereocenters. The number of hydrogen-bond acceptors (Lipinski definition) is 6. The first-order chi connectivity index (χ1) is 18.4. The lowest BCUT2D eigenvalue weighted by Gasteiger charge is -2.24. The van der Waals surface area contributed by atoms with Crippen LogP contribution >= 0.6 is 0 Å². The third-order valence-electron chi connectivity index (χ3n) is 5.50. The first kappa shape index (κ1) is 26.5. The summed E-state index contributed by atoms with van der Waals surface area (Å²) in [5.74, 6) is 0.117. The molecule has 0 radical (unpaired) electrons. The number of rotatable bonds is 11. The number of hydrogen-bond donors (Lipinski definition) is 2. The van der Waals surface area contributed by atoms with E-state index in [2.05, 4.69) is 10.6 Å². The van der Waals surface area contributed by atoms with E-state index in [1.165, 1.54) is 18.4 Å². The highest BCUT2D eigenvalue weighted by molar-refractivity contribution is 7.92. The van der Waals surface area contributed by atoms with Crippen molar-refractivity contribution in [2.24, 2.45) is 0 Å². The van der Waals surface area contributed by atoms with Crippen molar-refractivity contribution in [3.8, 4) is 5.75 Å². The molecule has 3 aromatic carbocycles. The smallest absolute Gasteiger partial charge is 0.264 e. The van der Waals surface area contributed by atoms with Crippen molar-refractivity contribution in [2.45, 2.75) is 18.4 Å². The van der Waals surface area contributed by atoms with Gasteiger partial charge >= 0.3 is 0 Å². The maximum atomic E-state index is 13.5. The van der Waals surface area contributed by atoms with Gasteiger partial charge in [-0.05, 0) is 67.6 Å². The fourth-order valence-corrected chi connectivity index (χ4v) is 5.14. The molecule has 4 rings (SSSR count). The molecule has 0 saturated heterocycles. The molecule has 4 aromatic rings. The third-order valence-corrected chi connectivity index (χ3v) is 7.29. The Morgan fingerprint density at radius 3 is 2.29 bits per heavy atom. The Labute approximate surface area is 221 Å². The van der Waals surface area contributed by atoms with Crippen molar-refractivity contribution in [3.63, 3.8) is 0 Å². The van der Waals surface area contributed by atoms with Crippen LogP contribution in [-0.2, 0) is 21.4 Å². The molecule has 0 spiro atoms. The zero-order chi connectivity index (χ0) is 27.0. The predicted molar refractivity (Wildman–Crippen MR) is 144 cm³/mol. The van der Waals surface area contributed by atoms with Gasteiger partial charge < -0.3 is 19.8 Å². The van der Waals surface area contributed by atoms with Crippen molar-refractivity contribution >= 4 is 33.2 Å². The Balaban J connectivity index is 1.56. The number of carbonyl (C=O) groups is 2. The molecule has 2 amide bonds. The summed E-state index contributed by atoms with van der Waals surface area (Å²) < 4.78 is 38.8. The Bertz CT molecular complexity index is 1470. The minimum absolute atomic E-state index is 0.0411. The van der Waals surface area contributed by atoms with Crippen molar-refractivity contribution in [1.29, 1.82) is 0 Å². The van der Waals surface area contributed by atoms with E-state index in [-0.39, 0.29) is 28.4 Å². The second-order valence-electron chi connectivity index (χ2n) is 8.11. The molecule has 1 aromatic heterocycles. The van der Waals surface area contributed by atoms with Crippen LogP contribution < -0.4 is 19.7 Å². The number of furan rings is 1. The second kappa shape index (κ2) is 12.1. The lowest BCUT2D eigenvalue weighted by Crippen LogP contribution is -2.38. The van der Waals surface area contributed by atoms with Crippen molar-refractivity contribution in [3.05, 3.63) is 109 Å². The number of nitrogens with one attached hydrogen (secondary N) is 2. The summed E-state index contributed by atoms with van der Waals surface area (Å²) in [6, 6.07) is 24.2. The summed E-state index contributed by atoms with van der Waals surface area (Å²) in [5.41, 5.74) is 0.765. The topological polar surface area (TPSA) is 118 Å². The molecule has 0 aliphatic heterocycles. The number of ether oxygens (including phenoxy) is 1. The fraction of sp³-hybridized carbons (Fsp3) is 0.143. The van der Waals surface area contributed by atoms with Crippen LogP contribution in [0.4, 0.5) is 11.4 Å². The van der Waals surface area contributed by atoms with Crippen LogP contribution in [0.2, 0.25) is 0 Å². The average Bonchev–Trinajstić information content (AvgIpc) is 3.46. The highest BCUT2D eigenvalue weighted by atomic mass is 32.2. The standard InChI is InChI=1S/C28H27N3O6S/c1-2-36-22-16-14-21(15-17-22)31(38(34,35)24-10-4-3-5-11-24)20-27(32)30-26-13-7-6-12-25(26)28(33)29-19-23-9-8-18-37-23/h3-18H,2,19-20H2,1H3,(H,29,33)(H,30,32). The van der Waals surface area contributed by atoms with Gasteiger partial charge in [-0.25, -0.2) is 8.42 Å². The predicted octanol–water partition coefficient (Wildman–Crippen LogP) is 4.44. The van der Waals surface area contributed by atoms with E-state index >= 15 is 0 Å². The van der Waals surface area contributed by atoms with Gasteiger partial charge in [-0.2, -0.15) is 0 Å². The number of benzene rings is 3. The lowest BCUT2D eigenvalue weighted by molar-refractivity contribution is -0.114. The van der Waals surface area contributed by atoms with Crippen molar-refractivity contribution in [1.82, 2.24) is 5.32 Å². The minimum Gasteiger partial charge on any atom is -0.494 e. The van der Waals surface area contributed by atoms with Gasteiger partial charge in [0, 0.05) is 0 Å². The lowest BCUT2D eigenvalue weighted by atomic mass is 10.1. The first-order valence-electron chi connectivity index (χ1n) is 11.9. The summed E-state index contributed by atoms with van der Waals surface area (Å²) in [6.45, 7) is 1.96. The maximum Gasteiger partial charge on any atom is 0.264 e. The van der Waals surface area contributed by atoms with Crippen molar-refractivity contribution < 1.29 is 27.2 Å². The molecule has 0 unspecified atom stereocenters. The highest BCUT2D eigenvalue weighted by Crippen LogP contribution is 2.26. The van der Waals surface area contributed by atoms with Gasteiger partial charge in [0.15, 0.2) is 0 Å². The van der Waals surface area contributed by atoms with Gasteiger partial charge in [-0.3, -0.25) is 13.9 Å². The molecule has 0 aliphatic rings. The number of nitrogens with zero attached hydrogens (tertiary/aromatic N) is 1. The van der Waals surface area contributed by atoms with Crippen LogP contribution in [0.1, 0.15) is 23.0 Å². The molecule has 38 heavy (non-hydrogen) atoms. The summed E-state index contributed by atoms with van der Waals surface area (Å²) in [4.78, 5) is 26.0. The van der Waals surface area contributed by atoms with Gasteiger partial charge in [-0.15, -0.1) is 0 Å². The van der Waals surface area contributed by atoms with Crippen LogP contribution in [0.5, 0.6) is 5.75 Å². The third kappa shape index (κ3) is 6.40. The van der Waals surface area contributed by atoms with Gasteiger partial charge in [-0.1, -0.05) is 30.3 Å². The minimum atomic E-state index is -4.08. The normalized spacial score (nSPS) is 11.0. The van der Waals surface area contributed by atoms with Crippen molar-refractivity contribution in [2.75, 3.05) is 22.8 Å². The maximum absolute atomic E-state index is 13.5. The van der Waals surface area contributed by atoms with E-state index in [4.69, 9.17) is 9.15 Å². The molecule has 10 heteroatoms. The van der Waals surface area contributed by atoms with Gasteiger partial charge in [0.05, 0.1) is 41.2 Å². The molecular weight excluding hydrogens is 506 g/mol. The number of sulfonamides is 1. The van der Waals surface area contributed by atoms with E-state index in [1.54, 1.807) is 78.9 Å². The summed E-state index contributed by atoms with van der Waals surface area (Å²) in [5, 5.41) is 5.43. The van der Waals surface area contributed by atoms with Gasteiger partial charge in [0.25, 0.3) is 15.9 Å². The Morgan fingerprint density at radius 2 is 1.61 bits per heavy atom. The molecule has 1 heterocycles. The fourth-order valence-electron chi connectivity index (χ4n) is 3.70. The Hall–Kier alpha value is -4.57. The molecule has 196 valence electrons. The zero-order valence-corrected chi connectivity index (χ0v) is 21.5. The number of amides is 2. The Kier molecular flexibility index (Phi) is 8.44. The number of carbonyl (C=O) groups excluding carboxylic acids is 2. The molecule has 0 saturated carbocycles. The first-order valence-corrected chi connectivity index (χ1v) is 13.3. The second-order valence-corrected chi connectivity index (χ2v) is 9.97. The number of anilines is 2. The van der Waals surface area contributed by atoms with Gasteiger partial charge in [0.2, 0.25) is 5.91 Å². The monoisotopic (exact) mass is 533 g/mol. The van der Waals surface area contributed by atoms with E-state index in [0.29, 0.717) is 18.1 Å². The van der Waals surface area contributed by atoms with E-state index in [0.717, 1.165) is 4.31 Å². The SMILES string of the molecule is CCOc1ccc(N(CC(=O)Nc2ccccc2C(=O)NCc2ccco2)S(=O)(=O)c2ccccc2)cc1. The summed E-state index contributed by atoms with van der Waals surface area (Å²) in [7, 11) is -4.08. The van der Waals surface area contributed by atoms with E-state index in [9.17, 15) is 18.0 Å². The van der Waals surface area contributed by atoms with E-state index < -0.39 is 28.4 Å². The summed E-state index contributed by atoms with van der Waals surface area (Å²) in [6.07, 6.45) is 1.51. The number of para-hydroxylation sites is 1. The zero-order valence-electron chi connectivity index (χ0n) is 20.7. The van der Waals surface area contributed by atoms with Crippen LogP contribution in [0.15, 0.2) is 107 Å². The molecule has 9 nitrogen and oxygen atoms in total. The average molecular weight is 534 g/mol. The Morgan fingerprint density at radius 1 is 0.895 bits per heavy atom. The van der Waals surface area contributed by atoms with E-state index in [1.807, 2.05) is 6.92 Å². The largest absolute Gasteiger partial charge is 0.494 e. The summed E-state index contributed by atoms with van der Waals surface area (Å²) >= 11 is 0. The molecule has 0 fully saturated rings. The molecular formula is C28H27N3O6S. The molecule has 0 aliphatic carbocycles.